The van der Waals surface area contributed by atoms with E-state index in [1.807, 2.05) is 0 Å². The van der Waals surface area contributed by atoms with Gasteiger partial charge in [-0.25, -0.2) is 4.79 Å². The van der Waals surface area contributed by atoms with Crippen LogP contribution in [0.25, 0.3) is 0 Å². The van der Waals surface area contributed by atoms with Crippen molar-refractivity contribution in [2.24, 2.45) is 16.7 Å². The number of aliphatic hydroxyl groups excluding tert-OH is 3. The lowest BCUT2D eigenvalue weighted by Crippen LogP contribution is -2.77. The highest BCUT2D eigenvalue weighted by atomic mass is 16.6. The molecule has 1 aromatic carbocycles. The average Bonchev–Trinajstić information content (AvgIpc) is 2.88. The highest BCUT2D eigenvalue weighted by molar-refractivity contribution is 5.94. The van der Waals surface area contributed by atoms with E-state index in [0.29, 0.717) is 5.57 Å². The van der Waals surface area contributed by atoms with Crippen LogP contribution in [0.15, 0.2) is 41.5 Å². The van der Waals surface area contributed by atoms with Crippen LogP contribution in [0.2, 0.25) is 0 Å². The van der Waals surface area contributed by atoms with E-state index in [0.717, 1.165) is 0 Å². The predicted octanol–water partition coefficient (Wildman–Crippen LogP) is 1.72. The molecular weight excluding hydrogens is 520 g/mol. The summed E-state index contributed by atoms with van der Waals surface area (Å²) in [5, 5.41) is 47.0. The Morgan fingerprint density at radius 3 is 2.17 bits per heavy atom. The van der Waals surface area contributed by atoms with Gasteiger partial charge in [-0.05, 0) is 44.1 Å². The smallest absolute Gasteiger partial charge is 0.338 e. The molecule has 0 unspecified atom stereocenters. The maximum atomic E-state index is 14.3. The van der Waals surface area contributed by atoms with Crippen molar-refractivity contribution in [3.8, 4) is 0 Å². The maximum absolute atomic E-state index is 14.3. The largest absolute Gasteiger partial charge is 0.456 e. The molecule has 10 heteroatoms. The first-order valence-electron chi connectivity index (χ1n) is 13.5. The van der Waals surface area contributed by atoms with Crippen LogP contribution in [0.5, 0.6) is 0 Å². The fraction of sp³-hybridized carbons (Fsp3) is 0.633. The monoisotopic (exact) mass is 560 g/mol. The summed E-state index contributed by atoms with van der Waals surface area (Å²) in [4.78, 5) is 40.5. The molecule has 220 valence electrons. The quantitative estimate of drug-likeness (QED) is 0.315. The first-order chi connectivity index (χ1) is 18.5. The molecular formula is C30H40O10. The number of rotatable bonds is 4. The van der Waals surface area contributed by atoms with Crippen molar-refractivity contribution in [3.63, 3.8) is 0 Å². The molecule has 0 amide bonds. The van der Waals surface area contributed by atoms with Crippen LogP contribution < -0.4 is 0 Å². The fourth-order valence-electron chi connectivity index (χ4n) is 7.65. The van der Waals surface area contributed by atoms with Crippen LogP contribution >= 0.6 is 0 Å². The lowest BCUT2D eigenvalue weighted by atomic mass is 9.45. The molecule has 0 heterocycles. The number of Topliss-reactive ketones (excluding diaryl/α,β-unsaturated/α-hetero) is 1. The van der Waals surface area contributed by atoms with E-state index in [1.165, 1.54) is 40.0 Å². The Kier molecular flexibility index (Phi) is 7.60. The van der Waals surface area contributed by atoms with Gasteiger partial charge in [-0.3, -0.25) is 9.59 Å². The lowest BCUT2D eigenvalue weighted by Gasteiger charge is -2.64. The second kappa shape index (κ2) is 10.0. The number of hydrogen-bond acceptors (Lipinski definition) is 10. The molecule has 40 heavy (non-hydrogen) atoms. The summed E-state index contributed by atoms with van der Waals surface area (Å²) in [6.45, 7) is 8.91. The highest BCUT2D eigenvalue weighted by Gasteiger charge is 2.74. The summed E-state index contributed by atoms with van der Waals surface area (Å²) in [6, 6.07) is 8.05. The van der Waals surface area contributed by atoms with Gasteiger partial charge in [-0.1, -0.05) is 32.0 Å². The van der Waals surface area contributed by atoms with E-state index in [2.05, 4.69) is 0 Å². The minimum Gasteiger partial charge on any atom is -0.456 e. The molecule has 1 aromatic rings. The van der Waals surface area contributed by atoms with E-state index in [-0.39, 0.29) is 24.0 Å². The van der Waals surface area contributed by atoms with Gasteiger partial charge in [0.25, 0.3) is 0 Å². The van der Waals surface area contributed by atoms with Crippen molar-refractivity contribution in [2.75, 3.05) is 7.11 Å². The molecule has 9 atom stereocenters. The van der Waals surface area contributed by atoms with Gasteiger partial charge in [-0.15, -0.1) is 0 Å². The Hall–Kier alpha value is -2.63. The summed E-state index contributed by atoms with van der Waals surface area (Å²) < 4.78 is 17.7. The van der Waals surface area contributed by atoms with E-state index >= 15 is 0 Å². The summed E-state index contributed by atoms with van der Waals surface area (Å²) in [5.41, 5.74) is -6.57. The zero-order chi connectivity index (χ0) is 30.0. The summed E-state index contributed by atoms with van der Waals surface area (Å²) in [6.07, 6.45) is -7.61. The van der Waals surface area contributed by atoms with Crippen LogP contribution in [-0.2, 0) is 23.8 Å². The zero-order valence-electron chi connectivity index (χ0n) is 24.0. The van der Waals surface area contributed by atoms with Gasteiger partial charge < -0.3 is 34.6 Å². The van der Waals surface area contributed by atoms with Crippen LogP contribution in [0.3, 0.4) is 0 Å². The Bertz CT molecular complexity index is 1220. The molecule has 2 bridgehead atoms. The third-order valence-corrected chi connectivity index (χ3v) is 9.94. The van der Waals surface area contributed by atoms with Crippen LogP contribution in [0, 0.1) is 16.7 Å². The molecule has 0 aromatic heterocycles. The Labute approximate surface area is 233 Å². The van der Waals surface area contributed by atoms with Crippen molar-refractivity contribution < 1.29 is 49.0 Å². The van der Waals surface area contributed by atoms with Gasteiger partial charge in [-0.2, -0.15) is 0 Å². The topological polar surface area (TPSA) is 160 Å². The van der Waals surface area contributed by atoms with Crippen molar-refractivity contribution in [2.45, 2.75) is 96.1 Å². The predicted molar refractivity (Wildman–Crippen MR) is 142 cm³/mol. The number of hydrogen-bond donors (Lipinski definition) is 4. The highest BCUT2D eigenvalue weighted by Crippen LogP contribution is 2.62. The third kappa shape index (κ3) is 4.15. The fourth-order valence-corrected chi connectivity index (χ4v) is 7.65. The summed E-state index contributed by atoms with van der Waals surface area (Å²) >= 11 is 0. The zero-order valence-corrected chi connectivity index (χ0v) is 24.0. The number of carbonyl (C=O) groups excluding carboxylic acids is 3. The SMILES string of the molecule is CO[C@@H]1C[C@H](O)[C@@]2(C)C(=O)[C@H](O)C3=C(C)[C@@H](O)C[C@@](O)([C@@H](OC(=O)c4ccccc4)[C@@H]2[C@@]1(C)OC(C)=O)C3(C)C. The number of esters is 2. The number of carbonyl (C=O) groups is 3. The van der Waals surface area contributed by atoms with Crippen LogP contribution in [-0.4, -0.2) is 87.0 Å². The molecule has 0 aliphatic heterocycles. The molecule has 2 saturated carbocycles. The second-order valence-electron chi connectivity index (χ2n) is 12.3. The Morgan fingerprint density at radius 1 is 1.02 bits per heavy atom. The first kappa shape index (κ1) is 30.3. The maximum Gasteiger partial charge on any atom is 0.338 e. The summed E-state index contributed by atoms with van der Waals surface area (Å²) in [5.74, 6) is -3.77. The summed E-state index contributed by atoms with van der Waals surface area (Å²) in [7, 11) is 1.36. The van der Waals surface area contributed by atoms with Crippen molar-refractivity contribution in [1.29, 1.82) is 0 Å². The minimum absolute atomic E-state index is 0.0921. The molecule has 0 spiro atoms. The number of ether oxygens (including phenoxy) is 3. The second-order valence-corrected chi connectivity index (χ2v) is 12.3. The lowest BCUT2D eigenvalue weighted by molar-refractivity contribution is -0.281. The molecule has 0 radical (unpaired) electrons. The molecule has 3 aliphatic carbocycles. The number of aliphatic hydroxyl groups is 4. The van der Waals surface area contributed by atoms with E-state index < -0.39 is 76.2 Å². The molecule has 3 aliphatic rings. The Balaban J connectivity index is 2.09. The van der Waals surface area contributed by atoms with E-state index in [9.17, 15) is 34.8 Å². The number of benzene rings is 1. The number of methoxy groups -OCH3 is 1. The van der Waals surface area contributed by atoms with Crippen LogP contribution in [0.4, 0.5) is 0 Å². The van der Waals surface area contributed by atoms with Gasteiger partial charge in [0.15, 0.2) is 5.78 Å². The van der Waals surface area contributed by atoms with Gasteiger partial charge >= 0.3 is 11.9 Å². The van der Waals surface area contributed by atoms with Crippen molar-refractivity contribution >= 4 is 17.7 Å². The molecule has 0 saturated heterocycles. The number of fused-ring (bicyclic) bond motifs is 3. The minimum atomic E-state index is -2.10. The van der Waals surface area contributed by atoms with Gasteiger partial charge in [0.05, 0.1) is 35.2 Å². The standard InChI is InChI=1S/C30H40O10/c1-15-18(32)14-30(37)25(39-26(36)17-11-9-8-10-12-17)23-28(5,24(35)22(34)21(15)27(30,3)4)19(33)13-20(38-7)29(23,6)40-16(2)31/h8-12,18-20,22-23,25,32-34,37H,13-14H2,1-7H3/t18-,19-,20+,22+,23-,25-,28+,29-,30+/m0/s1. The van der Waals surface area contributed by atoms with Crippen molar-refractivity contribution in [3.05, 3.63) is 47.0 Å². The van der Waals surface area contributed by atoms with E-state index in [4.69, 9.17) is 14.2 Å². The van der Waals surface area contributed by atoms with Crippen molar-refractivity contribution in [1.82, 2.24) is 0 Å². The molecule has 4 N–H and O–H groups in total. The van der Waals surface area contributed by atoms with Gasteiger partial charge in [0.1, 0.15) is 23.4 Å². The molecule has 10 nitrogen and oxygen atoms in total. The van der Waals surface area contributed by atoms with Gasteiger partial charge in [0, 0.05) is 32.3 Å². The van der Waals surface area contributed by atoms with E-state index in [1.54, 1.807) is 39.0 Å². The normalized spacial score (nSPS) is 40.9. The molecule has 4 rings (SSSR count). The number of ketones is 1. The van der Waals surface area contributed by atoms with Crippen LogP contribution in [0.1, 0.15) is 64.7 Å². The first-order valence-corrected chi connectivity index (χ1v) is 13.5. The molecule has 2 fully saturated rings. The third-order valence-electron chi connectivity index (χ3n) is 9.94. The Morgan fingerprint density at radius 2 is 1.62 bits per heavy atom. The average molecular weight is 561 g/mol. The van der Waals surface area contributed by atoms with Gasteiger partial charge in [0.2, 0.25) is 0 Å².